The maximum Gasteiger partial charge on any atom is 0.435 e. The summed E-state index contributed by atoms with van der Waals surface area (Å²) in [6.07, 6.45) is -11.2. The van der Waals surface area contributed by atoms with Crippen molar-refractivity contribution < 1.29 is 40.3 Å². The number of benzene rings is 2. The fourth-order valence-corrected chi connectivity index (χ4v) is 3.80. The van der Waals surface area contributed by atoms with Gasteiger partial charge in [-0.2, -0.15) is 26.3 Å². The lowest BCUT2D eigenvalue weighted by atomic mass is 9.88. The number of ether oxygens (including phenoxy) is 1. The van der Waals surface area contributed by atoms with Crippen LogP contribution in [0, 0.1) is 13.8 Å². The van der Waals surface area contributed by atoms with Gasteiger partial charge < -0.3 is 10.5 Å². The highest BCUT2D eigenvalue weighted by Crippen LogP contribution is 2.53. The maximum absolute atomic E-state index is 14.5. The largest absolute Gasteiger partial charge is 0.462 e. The quantitative estimate of drug-likeness (QED) is 0.244. The van der Waals surface area contributed by atoms with E-state index >= 15 is 0 Å². The SMILES string of the molecule is CCOC(=O)c1cc(N(/C=C(\N)c2c(C)cc(C(F)(C(F)(F)F)C(F)(F)F)cc2C)NC)ccc1Cl. The summed E-state index contributed by atoms with van der Waals surface area (Å²) in [7, 11) is 1.50. The van der Waals surface area contributed by atoms with Crippen LogP contribution in [0.5, 0.6) is 0 Å². The lowest BCUT2D eigenvalue weighted by molar-refractivity contribution is -0.348. The lowest BCUT2D eigenvalue weighted by Crippen LogP contribution is -2.50. The monoisotopic (exact) mass is 541 g/mol. The van der Waals surface area contributed by atoms with E-state index in [9.17, 15) is 35.5 Å². The number of carbonyl (C=O) groups is 1. The van der Waals surface area contributed by atoms with Crippen LogP contribution in [0.15, 0.2) is 36.5 Å². The molecule has 2 aromatic carbocycles. The molecule has 0 radical (unpaired) electrons. The molecule has 0 bridgehead atoms. The van der Waals surface area contributed by atoms with Crippen LogP contribution in [0.25, 0.3) is 5.70 Å². The number of rotatable bonds is 7. The summed E-state index contributed by atoms with van der Waals surface area (Å²) < 4.78 is 98.6. The van der Waals surface area contributed by atoms with Crippen LogP contribution in [0.4, 0.5) is 36.4 Å². The van der Waals surface area contributed by atoms with Gasteiger partial charge >= 0.3 is 24.0 Å². The number of esters is 1. The predicted octanol–water partition coefficient (Wildman–Crippen LogP) is 6.32. The van der Waals surface area contributed by atoms with Crippen LogP contribution in [-0.2, 0) is 10.4 Å². The first-order valence-electron chi connectivity index (χ1n) is 10.3. The van der Waals surface area contributed by atoms with Gasteiger partial charge in [0.2, 0.25) is 0 Å². The standard InChI is InChI=1S/C23H23ClF7N3O2/c1-5-36-20(35)16-10-15(6-7-17(16)24)34(33-4)11-18(32)19-12(2)8-14(9-13(19)3)21(25,22(26,27)28)23(29,30)31/h6-11,33H,5,32H2,1-4H3/b18-11-. The Morgan fingerprint density at radius 1 is 1.06 bits per heavy atom. The molecule has 36 heavy (non-hydrogen) atoms. The highest BCUT2D eigenvalue weighted by molar-refractivity contribution is 6.33. The smallest absolute Gasteiger partial charge is 0.435 e. The molecule has 0 saturated carbocycles. The van der Waals surface area contributed by atoms with Gasteiger partial charge in [-0.25, -0.2) is 14.6 Å². The summed E-state index contributed by atoms with van der Waals surface area (Å²) in [5, 5.41) is 1.46. The number of carbonyl (C=O) groups excluding carboxylic acids is 1. The molecular formula is C23H23ClF7N3O2. The summed E-state index contributed by atoms with van der Waals surface area (Å²) in [5.41, 5.74) is 1.97. The molecule has 0 aliphatic carbocycles. The van der Waals surface area contributed by atoms with E-state index < -0.39 is 29.6 Å². The number of nitrogens with one attached hydrogen (secondary N) is 1. The van der Waals surface area contributed by atoms with Crippen molar-refractivity contribution in [3.05, 3.63) is 69.4 Å². The summed E-state index contributed by atoms with van der Waals surface area (Å²) in [5.74, 6) is -0.677. The van der Waals surface area contributed by atoms with Crippen LogP contribution in [0.3, 0.4) is 0 Å². The molecule has 0 aromatic heterocycles. The first-order chi connectivity index (χ1) is 16.5. The van der Waals surface area contributed by atoms with E-state index in [4.69, 9.17) is 22.1 Å². The first-order valence-corrected chi connectivity index (χ1v) is 10.7. The zero-order valence-electron chi connectivity index (χ0n) is 19.5. The first kappa shape index (κ1) is 29.2. The van der Waals surface area contributed by atoms with Crippen LogP contribution < -0.4 is 16.2 Å². The van der Waals surface area contributed by atoms with Gasteiger partial charge in [0.05, 0.1) is 28.6 Å². The number of hydrazine groups is 1. The van der Waals surface area contributed by atoms with E-state index in [2.05, 4.69) is 5.43 Å². The number of halogens is 8. The Morgan fingerprint density at radius 2 is 1.58 bits per heavy atom. The minimum Gasteiger partial charge on any atom is -0.462 e. The maximum atomic E-state index is 14.5. The van der Waals surface area contributed by atoms with Crippen molar-refractivity contribution in [2.24, 2.45) is 5.73 Å². The van der Waals surface area contributed by atoms with Gasteiger partial charge in [-0.05, 0) is 50.1 Å². The zero-order valence-corrected chi connectivity index (χ0v) is 20.3. The van der Waals surface area contributed by atoms with Crippen LogP contribution in [-0.4, -0.2) is 32.0 Å². The summed E-state index contributed by atoms with van der Waals surface area (Å²) >= 11 is 6.06. The van der Waals surface area contributed by atoms with Gasteiger partial charge in [0.25, 0.3) is 0 Å². The van der Waals surface area contributed by atoms with Crippen molar-refractivity contribution >= 4 is 29.0 Å². The second-order valence-electron chi connectivity index (χ2n) is 7.70. The number of nitrogens with two attached hydrogens (primary N) is 1. The normalized spacial score (nSPS) is 13.1. The Balaban J connectivity index is 2.58. The van der Waals surface area contributed by atoms with Gasteiger partial charge in [-0.15, -0.1) is 0 Å². The molecule has 3 N–H and O–H groups in total. The fourth-order valence-electron chi connectivity index (χ4n) is 3.61. The third kappa shape index (κ3) is 5.54. The molecule has 5 nitrogen and oxygen atoms in total. The third-order valence-corrected chi connectivity index (χ3v) is 5.56. The Hall–Kier alpha value is -2.99. The van der Waals surface area contributed by atoms with Gasteiger partial charge in [0.1, 0.15) is 0 Å². The van der Waals surface area contributed by atoms with E-state index in [1.807, 2.05) is 0 Å². The minimum absolute atomic E-state index is 0.0542. The van der Waals surface area contributed by atoms with Crippen LogP contribution in [0.1, 0.15) is 39.5 Å². The van der Waals surface area contributed by atoms with Crippen molar-refractivity contribution in [3.63, 3.8) is 0 Å². The van der Waals surface area contributed by atoms with Crippen LogP contribution in [0.2, 0.25) is 5.02 Å². The van der Waals surface area contributed by atoms with Gasteiger partial charge in [-0.1, -0.05) is 23.7 Å². The Kier molecular flexibility index (Phi) is 8.57. The second kappa shape index (κ2) is 10.6. The fraction of sp³-hybridized carbons (Fsp3) is 0.348. The average Bonchev–Trinajstić information content (AvgIpc) is 2.75. The van der Waals surface area contributed by atoms with E-state index in [0.717, 1.165) is 0 Å². The van der Waals surface area contributed by atoms with Gasteiger partial charge in [0.15, 0.2) is 0 Å². The Bertz CT molecular complexity index is 1130. The van der Waals surface area contributed by atoms with Crippen molar-refractivity contribution in [2.45, 2.75) is 38.8 Å². The Morgan fingerprint density at radius 3 is 2.03 bits per heavy atom. The van der Waals surface area contributed by atoms with E-state index in [1.165, 1.54) is 50.3 Å². The molecule has 198 valence electrons. The molecule has 0 fully saturated rings. The number of nitrogens with zero attached hydrogens (tertiary/aromatic N) is 1. The summed E-state index contributed by atoms with van der Waals surface area (Å²) in [6, 6.07) is 5.29. The van der Waals surface area contributed by atoms with Gasteiger partial charge in [-0.3, -0.25) is 5.01 Å². The number of alkyl halides is 7. The molecule has 0 aliphatic heterocycles. The predicted molar refractivity (Wildman–Crippen MR) is 122 cm³/mol. The van der Waals surface area contributed by atoms with Crippen molar-refractivity contribution in [1.29, 1.82) is 0 Å². The highest BCUT2D eigenvalue weighted by atomic mass is 35.5. The molecule has 0 amide bonds. The van der Waals surface area contributed by atoms with E-state index in [0.29, 0.717) is 17.8 Å². The molecule has 0 spiro atoms. The molecule has 0 heterocycles. The molecule has 13 heteroatoms. The van der Waals surface area contributed by atoms with Crippen molar-refractivity contribution in [2.75, 3.05) is 18.7 Å². The van der Waals surface area contributed by atoms with Crippen molar-refractivity contribution in [1.82, 2.24) is 5.43 Å². The summed E-state index contributed by atoms with van der Waals surface area (Å²) in [4.78, 5) is 12.1. The average molecular weight is 542 g/mol. The molecule has 2 rings (SSSR count). The van der Waals surface area contributed by atoms with E-state index in [1.54, 1.807) is 6.92 Å². The number of hydrogen-bond acceptors (Lipinski definition) is 5. The number of aryl methyl sites for hydroxylation is 2. The molecule has 0 atom stereocenters. The summed E-state index contributed by atoms with van der Waals surface area (Å²) in [6.45, 7) is 4.15. The zero-order chi connectivity index (χ0) is 27.6. The molecular weight excluding hydrogens is 519 g/mol. The molecule has 0 aliphatic rings. The molecule has 0 saturated heterocycles. The van der Waals surface area contributed by atoms with E-state index in [-0.39, 0.29) is 39.6 Å². The third-order valence-electron chi connectivity index (χ3n) is 5.23. The topological polar surface area (TPSA) is 67.6 Å². The Labute approximate surface area is 207 Å². The second-order valence-corrected chi connectivity index (χ2v) is 8.11. The van der Waals surface area contributed by atoms with Gasteiger partial charge in [0, 0.05) is 24.4 Å². The minimum atomic E-state index is -6.23. The number of anilines is 1. The van der Waals surface area contributed by atoms with Crippen LogP contribution >= 0.6 is 11.6 Å². The van der Waals surface area contributed by atoms with Crippen molar-refractivity contribution in [3.8, 4) is 0 Å². The molecule has 0 unspecified atom stereocenters. The lowest BCUT2D eigenvalue weighted by Gasteiger charge is -2.31. The number of hydrogen-bond donors (Lipinski definition) is 2. The highest BCUT2D eigenvalue weighted by Gasteiger charge is 2.73. The molecule has 2 aromatic rings.